The Labute approximate surface area is 150 Å². The highest BCUT2D eigenvalue weighted by atomic mass is 32.2. The van der Waals surface area contributed by atoms with E-state index in [1.165, 1.54) is 32.1 Å². The Morgan fingerprint density at radius 2 is 1.65 bits per heavy atom. The lowest BCUT2D eigenvalue weighted by Crippen LogP contribution is -2.42. The monoisotopic (exact) mass is 373 g/mol. The molecule has 0 radical (unpaired) electrons. The quantitative estimate of drug-likeness (QED) is 0.499. The predicted molar refractivity (Wildman–Crippen MR) is 98.2 cm³/mol. The Hall–Kier alpha value is -3.14. The molecule has 0 aliphatic carbocycles. The van der Waals surface area contributed by atoms with Crippen molar-refractivity contribution in [3.63, 3.8) is 0 Å². The Morgan fingerprint density at radius 3 is 2.27 bits per heavy atom. The molecule has 9 nitrogen and oxygen atoms in total. The topological polar surface area (TPSA) is 112 Å². The summed E-state index contributed by atoms with van der Waals surface area (Å²) >= 11 is 1.52. The molecule has 0 unspecified atom stereocenters. The van der Waals surface area contributed by atoms with E-state index >= 15 is 0 Å². The Kier molecular flexibility index (Phi) is 4.51. The van der Waals surface area contributed by atoms with Crippen molar-refractivity contribution in [2.75, 3.05) is 6.26 Å². The van der Waals surface area contributed by atoms with Crippen LogP contribution in [0.3, 0.4) is 0 Å². The van der Waals surface area contributed by atoms with Crippen molar-refractivity contribution >= 4 is 11.8 Å². The molecule has 0 spiro atoms. The van der Waals surface area contributed by atoms with E-state index < -0.39 is 22.2 Å². The first-order valence-electron chi connectivity index (χ1n) is 7.49. The average Bonchev–Trinajstić information content (AvgIpc) is 2.64. The molecule has 0 aliphatic rings. The zero-order valence-electron chi connectivity index (χ0n) is 14.2. The van der Waals surface area contributed by atoms with E-state index in [0.29, 0.717) is 5.69 Å². The van der Waals surface area contributed by atoms with Crippen LogP contribution < -0.4 is 22.2 Å². The maximum Gasteiger partial charge on any atom is 0.351 e. The molecule has 2 aromatic heterocycles. The fraction of sp³-hybridized carbons (Fsp3) is 0.188. The SMILES string of the molecule is CSc1ccc(-n2c(=O)c(-c3c[nH]n(C)c(=O)c3=O)nn(C)c2=O)cc1. The Balaban J connectivity index is 2.34. The van der Waals surface area contributed by atoms with Gasteiger partial charge in [0.25, 0.3) is 11.0 Å². The molecule has 3 aromatic rings. The van der Waals surface area contributed by atoms with Gasteiger partial charge in [0.1, 0.15) is 0 Å². The lowest BCUT2D eigenvalue weighted by molar-refractivity contribution is 0.634. The molecule has 0 fully saturated rings. The summed E-state index contributed by atoms with van der Waals surface area (Å²) < 4.78 is 2.87. The van der Waals surface area contributed by atoms with Crippen molar-refractivity contribution in [1.29, 1.82) is 0 Å². The third-order valence-corrected chi connectivity index (χ3v) is 4.60. The molecular weight excluding hydrogens is 358 g/mol. The van der Waals surface area contributed by atoms with Crippen LogP contribution in [-0.4, -0.2) is 30.4 Å². The van der Waals surface area contributed by atoms with Gasteiger partial charge in [-0.05, 0) is 30.5 Å². The summed E-state index contributed by atoms with van der Waals surface area (Å²) in [5.74, 6) is 0. The lowest BCUT2D eigenvalue weighted by atomic mass is 10.2. The third kappa shape index (κ3) is 2.84. The minimum atomic E-state index is -0.876. The van der Waals surface area contributed by atoms with Crippen LogP contribution >= 0.6 is 11.8 Å². The largest absolute Gasteiger partial charge is 0.351 e. The highest BCUT2D eigenvalue weighted by Gasteiger charge is 2.18. The van der Waals surface area contributed by atoms with Crippen molar-refractivity contribution in [1.82, 2.24) is 24.1 Å². The van der Waals surface area contributed by atoms with E-state index in [4.69, 9.17) is 0 Å². The molecule has 0 atom stereocenters. The van der Waals surface area contributed by atoms with Crippen molar-refractivity contribution < 1.29 is 0 Å². The van der Waals surface area contributed by atoms with E-state index in [-0.39, 0.29) is 11.3 Å². The summed E-state index contributed by atoms with van der Waals surface area (Å²) in [5, 5.41) is 6.46. The van der Waals surface area contributed by atoms with Crippen molar-refractivity contribution in [2.45, 2.75) is 4.90 Å². The van der Waals surface area contributed by atoms with Gasteiger partial charge in [0, 0.05) is 25.2 Å². The summed E-state index contributed by atoms with van der Waals surface area (Å²) in [5.41, 5.74) is -3.26. The van der Waals surface area contributed by atoms with Gasteiger partial charge in [0.05, 0.1) is 11.3 Å². The number of hydrogen-bond acceptors (Lipinski definition) is 6. The number of thioether (sulfide) groups is 1. The van der Waals surface area contributed by atoms with Crippen LogP contribution in [0.1, 0.15) is 0 Å². The highest BCUT2D eigenvalue weighted by molar-refractivity contribution is 7.98. The first-order valence-corrected chi connectivity index (χ1v) is 8.71. The smallest absolute Gasteiger partial charge is 0.302 e. The van der Waals surface area contributed by atoms with E-state index in [1.54, 1.807) is 24.3 Å². The summed E-state index contributed by atoms with van der Waals surface area (Å²) in [7, 11) is 2.75. The number of aromatic amines is 1. The highest BCUT2D eigenvalue weighted by Crippen LogP contribution is 2.16. The van der Waals surface area contributed by atoms with E-state index in [0.717, 1.165) is 18.8 Å². The molecular formula is C16H15N5O4S. The number of nitrogens with zero attached hydrogens (tertiary/aromatic N) is 4. The predicted octanol–water partition coefficient (Wildman–Crippen LogP) is -0.293. The fourth-order valence-corrected chi connectivity index (χ4v) is 2.84. The van der Waals surface area contributed by atoms with Gasteiger partial charge >= 0.3 is 11.2 Å². The lowest BCUT2D eigenvalue weighted by Gasteiger charge is -2.10. The summed E-state index contributed by atoms with van der Waals surface area (Å²) in [6.45, 7) is 0. The second-order valence-electron chi connectivity index (χ2n) is 5.47. The minimum Gasteiger partial charge on any atom is -0.302 e. The van der Waals surface area contributed by atoms with Gasteiger partial charge in [-0.3, -0.25) is 19.1 Å². The van der Waals surface area contributed by atoms with Crippen LogP contribution in [0.5, 0.6) is 0 Å². The van der Waals surface area contributed by atoms with Crippen LogP contribution in [0.2, 0.25) is 0 Å². The van der Waals surface area contributed by atoms with Crippen LogP contribution in [0.4, 0.5) is 0 Å². The normalized spacial score (nSPS) is 10.9. The third-order valence-electron chi connectivity index (χ3n) is 3.86. The number of H-pyrrole nitrogens is 1. The number of benzene rings is 1. The average molecular weight is 373 g/mol. The standard InChI is InChI=1S/C16H15N5O4S/c1-19-15(24)13(22)11(8-17-19)12-14(23)21(16(25)20(2)18-12)9-4-6-10(26-3)7-5-9/h4-8,17H,1-3H3. The summed E-state index contributed by atoms with van der Waals surface area (Å²) in [6, 6.07) is 6.81. The van der Waals surface area contributed by atoms with Gasteiger partial charge in [-0.2, -0.15) is 5.10 Å². The van der Waals surface area contributed by atoms with Crippen molar-refractivity contribution in [3.05, 3.63) is 71.9 Å². The van der Waals surface area contributed by atoms with Gasteiger partial charge in [-0.1, -0.05) is 0 Å². The van der Waals surface area contributed by atoms with Crippen LogP contribution in [0.15, 0.2) is 54.5 Å². The molecule has 26 heavy (non-hydrogen) atoms. The van der Waals surface area contributed by atoms with Gasteiger partial charge < -0.3 is 5.10 Å². The molecule has 3 rings (SSSR count). The van der Waals surface area contributed by atoms with Crippen LogP contribution in [-0.2, 0) is 14.1 Å². The second kappa shape index (κ2) is 6.64. The van der Waals surface area contributed by atoms with Crippen molar-refractivity contribution in [3.8, 4) is 16.9 Å². The molecule has 134 valence electrons. The molecule has 0 bridgehead atoms. The van der Waals surface area contributed by atoms with E-state index in [2.05, 4.69) is 10.2 Å². The molecule has 0 saturated heterocycles. The molecule has 1 aromatic carbocycles. The van der Waals surface area contributed by atoms with Gasteiger partial charge in [-0.25, -0.2) is 14.0 Å². The number of rotatable bonds is 3. The fourth-order valence-electron chi connectivity index (χ4n) is 2.43. The van der Waals surface area contributed by atoms with E-state index in [9.17, 15) is 19.2 Å². The molecule has 10 heteroatoms. The molecule has 2 heterocycles. The summed E-state index contributed by atoms with van der Waals surface area (Å²) in [6.07, 6.45) is 3.13. The molecule has 0 amide bonds. The maximum absolute atomic E-state index is 12.9. The Morgan fingerprint density at radius 1 is 1.00 bits per heavy atom. The van der Waals surface area contributed by atoms with Gasteiger partial charge in [-0.15, -0.1) is 11.8 Å². The minimum absolute atomic E-state index is 0.191. The maximum atomic E-state index is 12.9. The van der Waals surface area contributed by atoms with Crippen LogP contribution in [0, 0.1) is 0 Å². The van der Waals surface area contributed by atoms with Gasteiger partial charge in [0.2, 0.25) is 0 Å². The molecule has 0 saturated carbocycles. The van der Waals surface area contributed by atoms with Crippen LogP contribution in [0.25, 0.3) is 16.9 Å². The number of nitrogens with one attached hydrogen (secondary N) is 1. The van der Waals surface area contributed by atoms with E-state index in [1.807, 2.05) is 6.26 Å². The molecule has 0 aliphatic heterocycles. The number of hydrogen-bond donors (Lipinski definition) is 1. The summed E-state index contributed by atoms with van der Waals surface area (Å²) in [4.78, 5) is 50.4. The van der Waals surface area contributed by atoms with Crippen molar-refractivity contribution in [2.24, 2.45) is 14.1 Å². The van der Waals surface area contributed by atoms with Gasteiger partial charge in [0.15, 0.2) is 5.69 Å². The number of aryl methyl sites for hydroxylation is 2. The zero-order valence-corrected chi connectivity index (χ0v) is 15.0. The first kappa shape index (κ1) is 17.7. The first-order chi connectivity index (χ1) is 12.3. The zero-order chi connectivity index (χ0) is 19.0. The second-order valence-corrected chi connectivity index (χ2v) is 6.35. The molecule has 1 N–H and O–H groups in total. The number of aromatic nitrogens is 5. The Bertz CT molecular complexity index is 1220.